The van der Waals surface area contributed by atoms with Crippen molar-refractivity contribution < 1.29 is 14.3 Å². The Hall–Kier alpha value is -1.45. The molecular weight excluding hydrogens is 276 g/mol. The lowest BCUT2D eigenvalue weighted by atomic mass is 10.1. The highest BCUT2D eigenvalue weighted by molar-refractivity contribution is 6.30. The summed E-state index contributed by atoms with van der Waals surface area (Å²) in [6.45, 7) is 2.20. The van der Waals surface area contributed by atoms with Crippen molar-refractivity contribution in [2.75, 3.05) is 7.11 Å². The Morgan fingerprint density at radius 1 is 1.35 bits per heavy atom. The van der Waals surface area contributed by atoms with Gasteiger partial charge < -0.3 is 14.3 Å². The number of benzene rings is 1. The predicted octanol–water partition coefficient (Wildman–Crippen LogP) is 4.15. The Balaban J connectivity index is 1.90. The number of methoxy groups -OCH3 is 1. The molecule has 4 heteroatoms. The molecule has 3 atom stereocenters. The van der Waals surface area contributed by atoms with Crippen molar-refractivity contribution in [2.24, 2.45) is 5.92 Å². The van der Waals surface area contributed by atoms with Gasteiger partial charge in [0.1, 0.15) is 23.4 Å². The van der Waals surface area contributed by atoms with Gasteiger partial charge in [-0.05, 0) is 42.7 Å². The molecule has 1 saturated carbocycles. The molecule has 1 aromatic heterocycles. The average molecular weight is 293 g/mol. The Morgan fingerprint density at radius 2 is 2.10 bits per heavy atom. The average Bonchev–Trinajstić information content (AvgIpc) is 2.99. The number of hydrogen-bond acceptors (Lipinski definition) is 3. The van der Waals surface area contributed by atoms with Gasteiger partial charge in [0.15, 0.2) is 0 Å². The third-order valence-electron chi connectivity index (χ3n) is 3.88. The summed E-state index contributed by atoms with van der Waals surface area (Å²) in [5, 5.41) is 11.0. The second kappa shape index (κ2) is 5.15. The van der Waals surface area contributed by atoms with Gasteiger partial charge in [0.25, 0.3) is 0 Å². The summed E-state index contributed by atoms with van der Waals surface area (Å²) in [5.74, 6) is 3.25. The molecule has 2 aromatic rings. The fourth-order valence-electron chi connectivity index (χ4n) is 2.51. The summed E-state index contributed by atoms with van der Waals surface area (Å²) in [4.78, 5) is 0. The summed E-state index contributed by atoms with van der Waals surface area (Å²) >= 11 is 5.99. The van der Waals surface area contributed by atoms with Gasteiger partial charge in [-0.25, -0.2) is 0 Å². The van der Waals surface area contributed by atoms with Crippen LogP contribution in [0.3, 0.4) is 0 Å². The van der Waals surface area contributed by atoms with Crippen LogP contribution in [-0.2, 0) is 0 Å². The van der Waals surface area contributed by atoms with Crippen LogP contribution in [0.25, 0.3) is 0 Å². The maximum absolute atomic E-state index is 10.5. The van der Waals surface area contributed by atoms with Crippen molar-refractivity contribution >= 4 is 11.6 Å². The van der Waals surface area contributed by atoms with E-state index in [1.807, 2.05) is 12.1 Å². The Bertz CT molecular complexity index is 620. The van der Waals surface area contributed by atoms with Crippen molar-refractivity contribution in [2.45, 2.75) is 25.4 Å². The number of halogens is 1. The first-order chi connectivity index (χ1) is 9.60. The van der Waals surface area contributed by atoms with E-state index in [-0.39, 0.29) is 0 Å². The quantitative estimate of drug-likeness (QED) is 0.920. The third-order valence-corrected chi connectivity index (χ3v) is 4.11. The first kappa shape index (κ1) is 13.5. The number of aliphatic hydroxyl groups excluding tert-OH is 1. The maximum Gasteiger partial charge on any atom is 0.140 e. The van der Waals surface area contributed by atoms with E-state index in [4.69, 9.17) is 20.8 Å². The van der Waals surface area contributed by atoms with Gasteiger partial charge in [-0.3, -0.25) is 0 Å². The standard InChI is InChI=1S/C16H17ClO3/c1-9-7-11(9)14-5-6-15(20-14)16(18)12-8-10(17)3-4-13(12)19-2/h3-6,8-9,11,16,18H,7H2,1-2H3. The van der Waals surface area contributed by atoms with Gasteiger partial charge in [-0.2, -0.15) is 0 Å². The molecule has 0 aliphatic heterocycles. The zero-order valence-electron chi connectivity index (χ0n) is 11.5. The molecule has 0 amide bonds. The molecule has 106 valence electrons. The molecule has 0 bridgehead atoms. The van der Waals surface area contributed by atoms with Gasteiger partial charge in [0, 0.05) is 16.5 Å². The van der Waals surface area contributed by atoms with Gasteiger partial charge in [-0.15, -0.1) is 0 Å². The Morgan fingerprint density at radius 3 is 2.75 bits per heavy atom. The van der Waals surface area contributed by atoms with E-state index in [2.05, 4.69) is 6.92 Å². The molecule has 0 radical (unpaired) electrons. The van der Waals surface area contributed by atoms with Crippen LogP contribution < -0.4 is 4.74 Å². The first-order valence-electron chi connectivity index (χ1n) is 6.71. The largest absolute Gasteiger partial charge is 0.496 e. The lowest BCUT2D eigenvalue weighted by Crippen LogP contribution is -2.01. The van der Waals surface area contributed by atoms with Crippen molar-refractivity contribution in [1.29, 1.82) is 0 Å². The molecule has 0 spiro atoms. The number of hydrogen-bond donors (Lipinski definition) is 1. The molecule has 1 aliphatic rings. The van der Waals surface area contributed by atoms with Crippen LogP contribution in [0.5, 0.6) is 5.75 Å². The van der Waals surface area contributed by atoms with Gasteiger partial charge >= 0.3 is 0 Å². The lowest BCUT2D eigenvalue weighted by Gasteiger charge is -2.13. The van der Waals surface area contributed by atoms with Crippen LogP contribution in [0.2, 0.25) is 5.02 Å². The van der Waals surface area contributed by atoms with E-state index in [0.29, 0.717) is 33.9 Å². The number of rotatable bonds is 4. The van der Waals surface area contributed by atoms with Gasteiger partial charge in [0.05, 0.1) is 7.11 Å². The fourth-order valence-corrected chi connectivity index (χ4v) is 2.69. The summed E-state index contributed by atoms with van der Waals surface area (Å²) in [6.07, 6.45) is 0.287. The van der Waals surface area contributed by atoms with Gasteiger partial charge in [0.2, 0.25) is 0 Å². The lowest BCUT2D eigenvalue weighted by molar-refractivity contribution is 0.182. The number of furan rings is 1. The molecule has 1 aliphatic carbocycles. The Kier molecular flexibility index (Phi) is 3.48. The van der Waals surface area contributed by atoms with E-state index in [1.165, 1.54) is 0 Å². The zero-order chi connectivity index (χ0) is 14.3. The molecule has 1 heterocycles. The van der Waals surface area contributed by atoms with Crippen molar-refractivity contribution in [3.8, 4) is 5.75 Å². The minimum atomic E-state index is -0.869. The number of ether oxygens (including phenoxy) is 1. The normalized spacial score (nSPS) is 22.6. The molecular formula is C16H17ClO3. The van der Waals surface area contributed by atoms with Crippen LogP contribution in [0.15, 0.2) is 34.7 Å². The molecule has 1 N–H and O–H groups in total. The van der Waals surface area contributed by atoms with E-state index in [1.54, 1.807) is 25.3 Å². The highest BCUT2D eigenvalue weighted by Crippen LogP contribution is 2.48. The third kappa shape index (κ3) is 2.43. The SMILES string of the molecule is COc1ccc(Cl)cc1C(O)c1ccc(C2CC2C)o1. The van der Waals surface area contributed by atoms with Crippen LogP contribution in [0.1, 0.15) is 42.5 Å². The predicted molar refractivity (Wildman–Crippen MR) is 77.3 cm³/mol. The van der Waals surface area contributed by atoms with Crippen molar-refractivity contribution in [1.82, 2.24) is 0 Å². The maximum atomic E-state index is 10.5. The van der Waals surface area contributed by atoms with Crippen LogP contribution in [-0.4, -0.2) is 12.2 Å². The molecule has 3 rings (SSSR count). The monoisotopic (exact) mass is 292 g/mol. The highest BCUT2D eigenvalue weighted by Gasteiger charge is 2.37. The van der Waals surface area contributed by atoms with E-state index >= 15 is 0 Å². The molecule has 3 nitrogen and oxygen atoms in total. The second-order valence-corrected chi connectivity index (χ2v) is 5.78. The summed E-state index contributed by atoms with van der Waals surface area (Å²) in [6, 6.07) is 8.95. The molecule has 20 heavy (non-hydrogen) atoms. The first-order valence-corrected chi connectivity index (χ1v) is 7.09. The van der Waals surface area contributed by atoms with Gasteiger partial charge in [-0.1, -0.05) is 18.5 Å². The topological polar surface area (TPSA) is 42.6 Å². The molecule has 0 saturated heterocycles. The van der Waals surface area contributed by atoms with Crippen LogP contribution in [0, 0.1) is 5.92 Å². The van der Waals surface area contributed by atoms with Crippen LogP contribution >= 0.6 is 11.6 Å². The van der Waals surface area contributed by atoms with E-state index in [9.17, 15) is 5.11 Å². The fraction of sp³-hybridized carbons (Fsp3) is 0.375. The summed E-state index contributed by atoms with van der Waals surface area (Å²) in [5.41, 5.74) is 0.616. The van der Waals surface area contributed by atoms with Crippen LogP contribution in [0.4, 0.5) is 0 Å². The minimum absolute atomic E-state index is 0.497. The van der Waals surface area contributed by atoms with Crippen molar-refractivity contribution in [3.05, 3.63) is 52.4 Å². The minimum Gasteiger partial charge on any atom is -0.496 e. The summed E-state index contributed by atoms with van der Waals surface area (Å²) < 4.78 is 11.1. The van der Waals surface area contributed by atoms with E-state index < -0.39 is 6.10 Å². The molecule has 1 aromatic carbocycles. The van der Waals surface area contributed by atoms with E-state index in [0.717, 1.165) is 12.2 Å². The molecule has 3 unspecified atom stereocenters. The number of aliphatic hydroxyl groups is 1. The summed E-state index contributed by atoms with van der Waals surface area (Å²) in [7, 11) is 1.57. The second-order valence-electron chi connectivity index (χ2n) is 5.35. The Labute approximate surface area is 123 Å². The van der Waals surface area contributed by atoms with Crippen molar-refractivity contribution in [3.63, 3.8) is 0 Å². The molecule has 1 fully saturated rings. The smallest absolute Gasteiger partial charge is 0.140 e. The highest BCUT2D eigenvalue weighted by atomic mass is 35.5. The zero-order valence-corrected chi connectivity index (χ0v) is 12.2.